The van der Waals surface area contributed by atoms with Gasteiger partial charge in [-0.3, -0.25) is 28.8 Å². The molecule has 0 aliphatic carbocycles. The van der Waals surface area contributed by atoms with Crippen LogP contribution in [-0.2, 0) is 28.8 Å². The molecule has 4 N–H and O–H groups in total. The lowest BCUT2D eigenvalue weighted by Gasteiger charge is -2.10. The number of hydrogen-bond acceptors (Lipinski definition) is 6. The third kappa shape index (κ3) is 28.9. The van der Waals surface area contributed by atoms with Crippen molar-refractivity contribution in [3.05, 3.63) is 0 Å². The van der Waals surface area contributed by atoms with Crippen LogP contribution in [0.4, 0.5) is 0 Å². The molecule has 12 nitrogen and oxygen atoms in total. The quantitative estimate of drug-likeness (QED) is 0.335. The molecule has 0 radical (unpaired) electrons. The second-order valence-electron chi connectivity index (χ2n) is 8.19. The van der Waals surface area contributed by atoms with E-state index in [9.17, 15) is 28.8 Å². The summed E-state index contributed by atoms with van der Waals surface area (Å²) in [6.45, 7) is 6.86. The van der Waals surface area contributed by atoms with E-state index in [1.54, 1.807) is 54.0 Å². The van der Waals surface area contributed by atoms with Crippen LogP contribution in [0.1, 0.15) is 66.2 Å². The molecular weight excluding hydrogens is 472 g/mol. The monoisotopic (exact) mass is 520 g/mol. The highest BCUT2D eigenvalue weighted by Crippen LogP contribution is 2.06. The Kier molecular flexibility index (Phi) is 27.7. The van der Waals surface area contributed by atoms with E-state index in [1.165, 1.54) is 11.9 Å². The molecule has 212 valence electrons. The number of hydrogen-bond donors (Lipinski definition) is 4. The standard InChI is InChI=1S/C8H15NO3.C7H13NO3.C5H11NO.C4H9NO/c1-6(8(11)12)4-5-7(10)9(2)3;1-5(7(10)11)3-4-6(9)8-2;1-4-5(7)6(2)3;1-3-4(6)5-2/h6H,4-5H2,1-3H3,(H,11,12);5H,3-4H2,1-2H3,(H,8,9)(H,10,11);4H2,1-3H3;3H2,1-2H3,(H,5,6). The average Bonchev–Trinajstić information content (AvgIpc) is 2.84. The van der Waals surface area contributed by atoms with Gasteiger partial charge in [-0.25, -0.2) is 0 Å². The molecule has 12 heteroatoms. The molecule has 0 aromatic carbocycles. The first-order chi connectivity index (χ1) is 16.5. The van der Waals surface area contributed by atoms with Gasteiger partial charge in [-0.05, 0) is 12.8 Å². The number of aliphatic carboxylic acids is 2. The van der Waals surface area contributed by atoms with Crippen molar-refractivity contribution in [2.45, 2.75) is 66.2 Å². The summed E-state index contributed by atoms with van der Waals surface area (Å²) in [5.41, 5.74) is 0. The zero-order valence-electron chi connectivity index (χ0n) is 23.6. The SMILES string of the molecule is CC(CCC(=O)N(C)C)C(=O)O.CCC(=O)N(C)C.CCC(=O)NC.CNC(=O)CCC(C)C(=O)O. The van der Waals surface area contributed by atoms with E-state index in [1.807, 2.05) is 13.8 Å². The molecule has 36 heavy (non-hydrogen) atoms. The molecule has 0 saturated carbocycles. The van der Waals surface area contributed by atoms with Crippen LogP contribution in [0.5, 0.6) is 0 Å². The molecule has 0 saturated heterocycles. The van der Waals surface area contributed by atoms with Gasteiger partial charge in [0.2, 0.25) is 23.6 Å². The fourth-order valence-electron chi connectivity index (χ4n) is 1.78. The van der Waals surface area contributed by atoms with Crippen LogP contribution in [0.3, 0.4) is 0 Å². The topological polar surface area (TPSA) is 173 Å². The Morgan fingerprint density at radius 1 is 0.639 bits per heavy atom. The molecule has 2 unspecified atom stereocenters. The fraction of sp³-hybridized carbons (Fsp3) is 0.750. The highest BCUT2D eigenvalue weighted by molar-refractivity contribution is 5.77. The van der Waals surface area contributed by atoms with E-state index >= 15 is 0 Å². The van der Waals surface area contributed by atoms with E-state index in [-0.39, 0.29) is 30.0 Å². The predicted octanol–water partition coefficient (Wildman–Crippen LogP) is 1.44. The summed E-state index contributed by atoms with van der Waals surface area (Å²) in [5, 5.41) is 21.8. The zero-order chi connectivity index (χ0) is 29.4. The number of carboxylic acid groups (broad SMARTS) is 2. The zero-order valence-corrected chi connectivity index (χ0v) is 23.6. The summed E-state index contributed by atoms with van der Waals surface area (Å²) < 4.78 is 0. The lowest BCUT2D eigenvalue weighted by molar-refractivity contribution is -0.142. The number of carbonyl (C=O) groups excluding carboxylic acids is 4. The minimum absolute atomic E-state index is 0.0249. The first kappa shape index (κ1) is 40.0. The molecule has 4 amide bonds. The third-order valence-electron chi connectivity index (χ3n) is 4.62. The minimum atomic E-state index is -0.853. The van der Waals surface area contributed by atoms with Gasteiger partial charge in [-0.1, -0.05) is 27.7 Å². The smallest absolute Gasteiger partial charge is 0.306 e. The second-order valence-corrected chi connectivity index (χ2v) is 8.19. The molecule has 0 aliphatic rings. The molecule has 0 rings (SSSR count). The maximum absolute atomic E-state index is 11.0. The molecule has 2 atom stereocenters. The lowest BCUT2D eigenvalue weighted by atomic mass is 10.1. The molecule has 0 aliphatic heterocycles. The van der Waals surface area contributed by atoms with E-state index in [0.29, 0.717) is 32.1 Å². The third-order valence-corrected chi connectivity index (χ3v) is 4.62. The molecular formula is C24H48N4O8. The van der Waals surface area contributed by atoms with Gasteiger partial charge in [0.15, 0.2) is 0 Å². The lowest BCUT2D eigenvalue weighted by Crippen LogP contribution is -2.22. The van der Waals surface area contributed by atoms with Crippen molar-refractivity contribution < 1.29 is 39.0 Å². The normalized spacial score (nSPS) is 10.7. The minimum Gasteiger partial charge on any atom is -0.481 e. The largest absolute Gasteiger partial charge is 0.481 e. The summed E-state index contributed by atoms with van der Waals surface area (Å²) >= 11 is 0. The van der Waals surface area contributed by atoms with Crippen LogP contribution < -0.4 is 10.6 Å². The number of rotatable bonds is 10. The van der Waals surface area contributed by atoms with Crippen molar-refractivity contribution >= 4 is 35.6 Å². The van der Waals surface area contributed by atoms with Gasteiger partial charge in [0, 0.05) is 68.0 Å². The van der Waals surface area contributed by atoms with Crippen molar-refractivity contribution in [1.82, 2.24) is 20.4 Å². The highest BCUT2D eigenvalue weighted by atomic mass is 16.4. The van der Waals surface area contributed by atoms with Crippen molar-refractivity contribution in [2.75, 3.05) is 42.3 Å². The maximum atomic E-state index is 11.0. The van der Waals surface area contributed by atoms with Gasteiger partial charge in [0.25, 0.3) is 0 Å². The Labute approximate surface area is 215 Å². The molecule has 0 fully saturated rings. The Morgan fingerprint density at radius 3 is 1.19 bits per heavy atom. The molecule has 0 aromatic rings. The summed E-state index contributed by atoms with van der Waals surface area (Å²) in [7, 11) is 10.00. The van der Waals surface area contributed by atoms with Gasteiger partial charge in [-0.15, -0.1) is 0 Å². The number of carbonyl (C=O) groups is 6. The fourth-order valence-corrected chi connectivity index (χ4v) is 1.78. The van der Waals surface area contributed by atoms with Gasteiger partial charge < -0.3 is 30.6 Å². The van der Waals surface area contributed by atoms with Gasteiger partial charge in [0.1, 0.15) is 0 Å². The number of nitrogens with one attached hydrogen (secondary N) is 2. The van der Waals surface area contributed by atoms with E-state index in [2.05, 4.69) is 10.6 Å². The number of carboxylic acids is 2. The number of nitrogens with zero attached hydrogens (tertiary/aromatic N) is 2. The van der Waals surface area contributed by atoms with Crippen molar-refractivity contribution in [3.8, 4) is 0 Å². The van der Waals surface area contributed by atoms with Crippen LogP contribution in [-0.4, -0.2) is 97.9 Å². The van der Waals surface area contributed by atoms with Crippen LogP contribution in [0.2, 0.25) is 0 Å². The maximum Gasteiger partial charge on any atom is 0.306 e. The van der Waals surface area contributed by atoms with Crippen LogP contribution in [0.15, 0.2) is 0 Å². The Bertz CT molecular complexity index is 661. The van der Waals surface area contributed by atoms with Crippen LogP contribution in [0, 0.1) is 11.8 Å². The molecule has 0 heterocycles. The molecule has 0 bridgehead atoms. The van der Waals surface area contributed by atoms with Crippen molar-refractivity contribution in [1.29, 1.82) is 0 Å². The molecule has 0 aromatic heterocycles. The van der Waals surface area contributed by atoms with Gasteiger partial charge in [0.05, 0.1) is 11.8 Å². The van der Waals surface area contributed by atoms with Crippen molar-refractivity contribution in [3.63, 3.8) is 0 Å². The summed E-state index contributed by atoms with van der Waals surface area (Å²) in [4.78, 5) is 65.8. The van der Waals surface area contributed by atoms with Crippen LogP contribution in [0.25, 0.3) is 0 Å². The number of amides is 4. The van der Waals surface area contributed by atoms with Crippen molar-refractivity contribution in [2.24, 2.45) is 11.8 Å². The predicted molar refractivity (Wildman–Crippen MR) is 138 cm³/mol. The summed E-state index contributed by atoms with van der Waals surface area (Å²) in [6, 6.07) is 0. The van der Waals surface area contributed by atoms with E-state index < -0.39 is 23.8 Å². The second kappa shape index (κ2) is 24.9. The van der Waals surface area contributed by atoms with E-state index in [0.717, 1.165) is 0 Å². The van der Waals surface area contributed by atoms with Gasteiger partial charge in [-0.2, -0.15) is 0 Å². The first-order valence-corrected chi connectivity index (χ1v) is 11.8. The average molecular weight is 521 g/mol. The van der Waals surface area contributed by atoms with E-state index in [4.69, 9.17) is 10.2 Å². The summed E-state index contributed by atoms with van der Waals surface area (Å²) in [6.07, 6.45) is 2.58. The first-order valence-electron chi connectivity index (χ1n) is 11.8. The Morgan fingerprint density at radius 2 is 1.00 bits per heavy atom. The Hall–Kier alpha value is -3.18. The highest BCUT2D eigenvalue weighted by Gasteiger charge is 2.13. The van der Waals surface area contributed by atoms with Gasteiger partial charge >= 0.3 is 11.9 Å². The van der Waals surface area contributed by atoms with Crippen LogP contribution >= 0.6 is 0 Å². The Balaban J connectivity index is -0.000000197. The molecule has 0 spiro atoms. The summed E-state index contributed by atoms with van der Waals surface area (Å²) in [5.74, 6) is -2.44.